The third kappa shape index (κ3) is 4.35. The van der Waals surface area contributed by atoms with E-state index in [1.54, 1.807) is 22.8 Å². The van der Waals surface area contributed by atoms with E-state index in [1.165, 1.54) is 11.8 Å². The molecule has 0 spiro atoms. The van der Waals surface area contributed by atoms with Gasteiger partial charge in [0.2, 0.25) is 5.91 Å². The van der Waals surface area contributed by atoms with Gasteiger partial charge in [-0.1, -0.05) is 47.6 Å². The number of nitrogens with one attached hydrogen (secondary N) is 3. The second-order valence-corrected chi connectivity index (χ2v) is 8.19. The Labute approximate surface area is 193 Å². The molecule has 0 bridgehead atoms. The fraction of sp³-hybridized carbons (Fsp3) is 0.182. The zero-order valence-corrected chi connectivity index (χ0v) is 19.0. The maximum absolute atomic E-state index is 12.7. The van der Waals surface area contributed by atoms with Crippen molar-refractivity contribution in [3.8, 4) is 11.4 Å². The molecule has 1 amide bonds. The highest BCUT2D eigenvalue weighted by atomic mass is 35.5. The number of amides is 1. The Bertz CT molecular complexity index is 1350. The molecule has 2 aromatic heterocycles. The first-order valence-corrected chi connectivity index (χ1v) is 11.3. The van der Waals surface area contributed by atoms with E-state index in [9.17, 15) is 4.79 Å². The molecule has 3 N–H and O–H groups in total. The first-order valence-electron chi connectivity index (χ1n) is 9.91. The molecule has 0 aliphatic carbocycles. The Morgan fingerprint density at radius 3 is 2.78 bits per heavy atom. The number of rotatable bonds is 7. The van der Waals surface area contributed by atoms with Crippen LogP contribution in [0, 0.1) is 12.3 Å². The number of para-hydroxylation sites is 3. The van der Waals surface area contributed by atoms with Gasteiger partial charge in [0.15, 0.2) is 10.8 Å². The Kier molecular flexibility index (Phi) is 6.48. The minimum Gasteiger partial charge on any atom is -0.492 e. The summed E-state index contributed by atoms with van der Waals surface area (Å²) in [5.74, 6) is 0.464. The molecule has 0 aliphatic rings. The average molecular weight is 469 g/mol. The summed E-state index contributed by atoms with van der Waals surface area (Å²) in [5.41, 5.74) is 2.56. The van der Waals surface area contributed by atoms with Crippen LogP contribution in [0.5, 0.6) is 5.75 Å². The van der Waals surface area contributed by atoms with E-state index in [0.717, 1.165) is 5.69 Å². The van der Waals surface area contributed by atoms with Crippen molar-refractivity contribution >= 4 is 46.0 Å². The molecule has 32 heavy (non-hydrogen) atoms. The third-order valence-electron chi connectivity index (χ3n) is 4.67. The monoisotopic (exact) mass is 468 g/mol. The van der Waals surface area contributed by atoms with E-state index in [1.807, 2.05) is 44.2 Å². The third-order valence-corrected chi connectivity index (χ3v) is 5.93. The van der Waals surface area contributed by atoms with Gasteiger partial charge >= 0.3 is 0 Å². The summed E-state index contributed by atoms with van der Waals surface area (Å²) >= 11 is 7.63. The minimum atomic E-state index is -0.223. The fourth-order valence-electron chi connectivity index (χ4n) is 3.25. The number of H-pyrrole nitrogens is 1. The van der Waals surface area contributed by atoms with Crippen molar-refractivity contribution < 1.29 is 9.53 Å². The molecule has 0 atom stereocenters. The van der Waals surface area contributed by atoms with Crippen molar-refractivity contribution in [1.82, 2.24) is 19.7 Å². The Morgan fingerprint density at radius 2 is 2.00 bits per heavy atom. The summed E-state index contributed by atoms with van der Waals surface area (Å²) in [6.45, 7) is 4.22. The van der Waals surface area contributed by atoms with Gasteiger partial charge in [-0.2, -0.15) is 5.10 Å². The van der Waals surface area contributed by atoms with Crippen molar-refractivity contribution in [1.29, 1.82) is 5.41 Å². The number of carbonyl (C=O) groups is 1. The van der Waals surface area contributed by atoms with Crippen LogP contribution in [0.2, 0.25) is 5.02 Å². The van der Waals surface area contributed by atoms with Crippen molar-refractivity contribution in [2.24, 2.45) is 0 Å². The second-order valence-electron chi connectivity index (χ2n) is 6.84. The van der Waals surface area contributed by atoms with E-state index in [2.05, 4.69) is 20.5 Å². The van der Waals surface area contributed by atoms with E-state index in [4.69, 9.17) is 21.7 Å². The van der Waals surface area contributed by atoms with Crippen LogP contribution in [0.4, 0.5) is 5.69 Å². The number of anilines is 1. The molecule has 0 unspecified atom stereocenters. The molecule has 4 aromatic rings. The van der Waals surface area contributed by atoms with Gasteiger partial charge in [-0.25, -0.2) is 4.98 Å². The molecule has 4 rings (SSSR count). The van der Waals surface area contributed by atoms with Gasteiger partial charge in [0.25, 0.3) is 0 Å². The number of carbonyl (C=O) groups excluding carboxylic acids is 1. The molecule has 0 aliphatic heterocycles. The maximum Gasteiger partial charge on any atom is 0.234 e. The molecule has 8 nitrogen and oxygen atoms in total. The summed E-state index contributed by atoms with van der Waals surface area (Å²) in [5, 5.41) is 20.2. The van der Waals surface area contributed by atoms with Gasteiger partial charge in [0.1, 0.15) is 11.2 Å². The van der Waals surface area contributed by atoms with Gasteiger partial charge in [-0.15, -0.1) is 0 Å². The quantitative estimate of drug-likeness (QED) is 0.276. The largest absolute Gasteiger partial charge is 0.492 e. The van der Waals surface area contributed by atoms with E-state index in [-0.39, 0.29) is 17.1 Å². The summed E-state index contributed by atoms with van der Waals surface area (Å²) in [7, 11) is 0. The summed E-state index contributed by atoms with van der Waals surface area (Å²) in [4.78, 5) is 17.3. The zero-order valence-electron chi connectivity index (χ0n) is 17.5. The number of aryl methyl sites for hydroxylation is 1. The van der Waals surface area contributed by atoms with Crippen molar-refractivity contribution in [2.75, 3.05) is 17.7 Å². The lowest BCUT2D eigenvalue weighted by atomic mass is 10.3. The van der Waals surface area contributed by atoms with Crippen LogP contribution in [0.3, 0.4) is 0 Å². The van der Waals surface area contributed by atoms with E-state index < -0.39 is 0 Å². The van der Waals surface area contributed by atoms with Crippen molar-refractivity contribution in [3.63, 3.8) is 0 Å². The number of ether oxygens (including phenoxy) is 1. The number of halogens is 1. The summed E-state index contributed by atoms with van der Waals surface area (Å²) in [6, 6.07) is 14.5. The van der Waals surface area contributed by atoms with E-state index in [0.29, 0.717) is 44.9 Å². The standard InChI is InChI=1S/C22H21ClN6O2S/c1-3-31-17-11-7-5-9-15(17)25-18(30)12-32-22-26-21-19(13(2)27-28-21)20(24)29(22)16-10-6-4-8-14(16)23/h4-11,24H,3,12H2,1-2H3,(H,25,30)(H,27,28). The minimum absolute atomic E-state index is 0.0757. The molecule has 10 heteroatoms. The lowest BCUT2D eigenvalue weighted by Gasteiger charge is -2.15. The lowest BCUT2D eigenvalue weighted by Crippen LogP contribution is -2.23. The molecule has 2 aromatic carbocycles. The predicted molar refractivity (Wildman–Crippen MR) is 126 cm³/mol. The Balaban J connectivity index is 1.66. The number of hydrogen-bond donors (Lipinski definition) is 3. The van der Waals surface area contributed by atoms with Crippen LogP contribution in [0.25, 0.3) is 16.7 Å². The molecule has 2 heterocycles. The lowest BCUT2D eigenvalue weighted by molar-refractivity contribution is -0.113. The van der Waals surface area contributed by atoms with Crippen molar-refractivity contribution in [2.45, 2.75) is 19.0 Å². The summed E-state index contributed by atoms with van der Waals surface area (Å²) < 4.78 is 7.21. The average Bonchev–Trinajstić information content (AvgIpc) is 3.15. The Hall–Kier alpha value is -3.30. The molecule has 0 saturated carbocycles. The molecule has 164 valence electrons. The topological polar surface area (TPSA) is 109 Å². The van der Waals surface area contributed by atoms with Gasteiger partial charge in [0.05, 0.1) is 34.1 Å². The van der Waals surface area contributed by atoms with E-state index >= 15 is 0 Å². The van der Waals surface area contributed by atoms with Crippen molar-refractivity contribution in [3.05, 3.63) is 64.7 Å². The first kappa shape index (κ1) is 21.9. The van der Waals surface area contributed by atoms with Gasteiger partial charge in [-0.3, -0.25) is 19.9 Å². The molecular weight excluding hydrogens is 448 g/mol. The number of aromatic nitrogens is 4. The van der Waals surface area contributed by atoms with Crippen LogP contribution < -0.4 is 15.5 Å². The normalized spacial score (nSPS) is 11.0. The van der Waals surface area contributed by atoms with Crippen LogP contribution in [0.15, 0.2) is 53.7 Å². The highest BCUT2D eigenvalue weighted by molar-refractivity contribution is 7.99. The van der Waals surface area contributed by atoms with Crippen LogP contribution >= 0.6 is 23.4 Å². The molecule has 0 radical (unpaired) electrons. The number of hydrogen-bond acceptors (Lipinski definition) is 6. The van der Waals surface area contributed by atoms with Gasteiger partial charge < -0.3 is 10.1 Å². The maximum atomic E-state index is 12.7. The molecule has 0 saturated heterocycles. The number of nitrogens with zero attached hydrogens (tertiary/aromatic N) is 3. The zero-order chi connectivity index (χ0) is 22.7. The number of benzene rings is 2. The smallest absolute Gasteiger partial charge is 0.234 e. The highest BCUT2D eigenvalue weighted by Crippen LogP contribution is 2.27. The number of thioether (sulfide) groups is 1. The first-order chi connectivity index (χ1) is 15.5. The highest BCUT2D eigenvalue weighted by Gasteiger charge is 2.18. The second kappa shape index (κ2) is 9.46. The molecule has 0 fully saturated rings. The predicted octanol–water partition coefficient (Wildman–Crippen LogP) is 4.32. The number of fused-ring (bicyclic) bond motifs is 1. The fourth-order valence-corrected chi connectivity index (χ4v) is 4.27. The summed E-state index contributed by atoms with van der Waals surface area (Å²) in [6.07, 6.45) is 0. The number of aromatic amines is 1. The van der Waals surface area contributed by atoms with Crippen LogP contribution in [-0.4, -0.2) is 38.0 Å². The van der Waals surface area contributed by atoms with Crippen LogP contribution in [-0.2, 0) is 4.79 Å². The van der Waals surface area contributed by atoms with Gasteiger partial charge in [0, 0.05) is 5.69 Å². The molecular formula is C22H21ClN6O2S. The Morgan fingerprint density at radius 1 is 1.25 bits per heavy atom. The van der Waals surface area contributed by atoms with Crippen LogP contribution in [0.1, 0.15) is 12.6 Å². The SMILES string of the molecule is CCOc1ccccc1NC(=O)CSc1nc2n[nH]c(C)c2c(=N)n1-c1ccccc1Cl. The van der Waals surface area contributed by atoms with Gasteiger partial charge in [-0.05, 0) is 38.1 Å².